The molecule has 0 saturated carbocycles. The van der Waals surface area contributed by atoms with Gasteiger partial charge in [0.2, 0.25) is 0 Å². The molecule has 3 nitrogen and oxygen atoms in total. The van der Waals surface area contributed by atoms with Crippen LogP contribution in [0.5, 0.6) is 5.75 Å². The van der Waals surface area contributed by atoms with Crippen LogP contribution in [0.1, 0.15) is 24.5 Å². The van der Waals surface area contributed by atoms with Crippen LogP contribution in [0.4, 0.5) is 0 Å². The SMILES string of the molecule is Cc1ccc2c(c1)CC(CNC(C)C1CCOC1)O2. The summed E-state index contributed by atoms with van der Waals surface area (Å²) in [6, 6.07) is 6.96. The lowest BCUT2D eigenvalue weighted by molar-refractivity contribution is 0.173. The molecule has 0 aliphatic carbocycles. The van der Waals surface area contributed by atoms with Crippen molar-refractivity contribution in [2.75, 3.05) is 19.8 Å². The first kappa shape index (κ1) is 12.9. The van der Waals surface area contributed by atoms with E-state index in [-0.39, 0.29) is 6.10 Å². The second-order valence-corrected chi connectivity index (χ2v) is 5.88. The van der Waals surface area contributed by atoms with Crippen molar-refractivity contribution in [3.8, 4) is 5.75 Å². The average molecular weight is 261 g/mol. The Labute approximate surface area is 115 Å². The fourth-order valence-corrected chi connectivity index (χ4v) is 2.99. The lowest BCUT2D eigenvalue weighted by atomic mass is 10.0. The molecule has 1 N–H and O–H groups in total. The number of nitrogens with one attached hydrogen (secondary N) is 1. The Morgan fingerprint density at radius 3 is 3.11 bits per heavy atom. The molecular weight excluding hydrogens is 238 g/mol. The Balaban J connectivity index is 1.50. The quantitative estimate of drug-likeness (QED) is 0.902. The Kier molecular flexibility index (Phi) is 3.76. The van der Waals surface area contributed by atoms with Crippen LogP contribution in [-0.4, -0.2) is 31.9 Å². The molecule has 2 aliphatic rings. The molecule has 0 aromatic heterocycles. The molecule has 0 bridgehead atoms. The van der Waals surface area contributed by atoms with Crippen LogP contribution < -0.4 is 10.1 Å². The average Bonchev–Trinajstić information content (AvgIpc) is 3.04. The molecular formula is C16H23NO2. The molecule has 3 rings (SSSR count). The van der Waals surface area contributed by atoms with Crippen LogP contribution in [0, 0.1) is 12.8 Å². The van der Waals surface area contributed by atoms with Gasteiger partial charge in [-0.25, -0.2) is 0 Å². The lowest BCUT2D eigenvalue weighted by Crippen LogP contribution is -2.40. The maximum Gasteiger partial charge on any atom is 0.123 e. The Morgan fingerprint density at radius 1 is 1.42 bits per heavy atom. The van der Waals surface area contributed by atoms with Gasteiger partial charge in [-0.05, 0) is 37.8 Å². The van der Waals surface area contributed by atoms with E-state index in [1.807, 2.05) is 0 Å². The van der Waals surface area contributed by atoms with Gasteiger partial charge < -0.3 is 14.8 Å². The molecule has 1 aromatic rings. The third kappa shape index (κ3) is 2.93. The predicted octanol–water partition coefficient (Wildman–Crippen LogP) is 2.31. The summed E-state index contributed by atoms with van der Waals surface area (Å²) in [7, 11) is 0. The van der Waals surface area contributed by atoms with Gasteiger partial charge in [0.1, 0.15) is 11.9 Å². The number of hydrogen-bond donors (Lipinski definition) is 1. The number of fused-ring (bicyclic) bond motifs is 1. The molecule has 104 valence electrons. The molecule has 3 atom stereocenters. The van der Waals surface area contributed by atoms with Crippen molar-refractivity contribution >= 4 is 0 Å². The first-order valence-electron chi connectivity index (χ1n) is 7.29. The highest BCUT2D eigenvalue weighted by atomic mass is 16.5. The maximum atomic E-state index is 5.98. The lowest BCUT2D eigenvalue weighted by Gasteiger charge is -2.21. The van der Waals surface area contributed by atoms with E-state index >= 15 is 0 Å². The van der Waals surface area contributed by atoms with Gasteiger partial charge in [0.25, 0.3) is 0 Å². The van der Waals surface area contributed by atoms with E-state index in [4.69, 9.17) is 9.47 Å². The summed E-state index contributed by atoms with van der Waals surface area (Å²) in [4.78, 5) is 0. The van der Waals surface area contributed by atoms with Crippen LogP contribution in [0.2, 0.25) is 0 Å². The summed E-state index contributed by atoms with van der Waals surface area (Å²) >= 11 is 0. The fourth-order valence-electron chi connectivity index (χ4n) is 2.99. The van der Waals surface area contributed by atoms with Crippen molar-refractivity contribution < 1.29 is 9.47 Å². The smallest absolute Gasteiger partial charge is 0.123 e. The number of benzene rings is 1. The minimum absolute atomic E-state index is 0.279. The van der Waals surface area contributed by atoms with Gasteiger partial charge in [-0.2, -0.15) is 0 Å². The van der Waals surface area contributed by atoms with Crippen molar-refractivity contribution in [3.63, 3.8) is 0 Å². The zero-order chi connectivity index (χ0) is 13.2. The van der Waals surface area contributed by atoms with Crippen molar-refractivity contribution in [1.29, 1.82) is 0 Å². The highest BCUT2D eigenvalue weighted by Gasteiger charge is 2.26. The van der Waals surface area contributed by atoms with Crippen molar-refractivity contribution in [2.45, 2.75) is 38.8 Å². The van der Waals surface area contributed by atoms with Crippen LogP contribution in [0.25, 0.3) is 0 Å². The number of hydrogen-bond acceptors (Lipinski definition) is 3. The topological polar surface area (TPSA) is 30.5 Å². The van der Waals surface area contributed by atoms with Gasteiger partial charge in [-0.1, -0.05) is 17.7 Å². The van der Waals surface area contributed by atoms with Crippen molar-refractivity contribution in [1.82, 2.24) is 5.32 Å². The van der Waals surface area contributed by atoms with Crippen LogP contribution in [0.3, 0.4) is 0 Å². The highest BCUT2D eigenvalue weighted by molar-refractivity contribution is 5.40. The number of ether oxygens (including phenoxy) is 2. The van der Waals surface area contributed by atoms with Gasteiger partial charge >= 0.3 is 0 Å². The molecule has 1 aromatic carbocycles. The van der Waals surface area contributed by atoms with E-state index < -0.39 is 0 Å². The minimum atomic E-state index is 0.279. The Hall–Kier alpha value is -1.06. The monoisotopic (exact) mass is 261 g/mol. The first-order valence-corrected chi connectivity index (χ1v) is 7.29. The van der Waals surface area contributed by atoms with E-state index in [0.717, 1.165) is 31.9 Å². The molecule has 0 spiro atoms. The summed E-state index contributed by atoms with van der Waals surface area (Å²) in [6.07, 6.45) is 2.48. The second kappa shape index (κ2) is 5.51. The van der Waals surface area contributed by atoms with Crippen LogP contribution in [0.15, 0.2) is 18.2 Å². The molecule has 1 fully saturated rings. The molecule has 3 unspecified atom stereocenters. The van der Waals surface area contributed by atoms with Gasteiger partial charge in [0.15, 0.2) is 0 Å². The molecule has 0 radical (unpaired) electrons. The third-order valence-corrected chi connectivity index (χ3v) is 4.30. The van der Waals surface area contributed by atoms with E-state index in [1.165, 1.54) is 17.5 Å². The molecule has 3 heteroatoms. The Bertz CT molecular complexity index is 440. The molecule has 2 aliphatic heterocycles. The first-order chi connectivity index (χ1) is 9.22. The summed E-state index contributed by atoms with van der Waals surface area (Å²) in [5.74, 6) is 1.72. The van der Waals surface area contributed by atoms with Gasteiger partial charge in [0, 0.05) is 25.6 Å². The summed E-state index contributed by atoms with van der Waals surface area (Å²) in [5.41, 5.74) is 2.66. The number of aryl methyl sites for hydroxylation is 1. The third-order valence-electron chi connectivity index (χ3n) is 4.30. The minimum Gasteiger partial charge on any atom is -0.488 e. The van der Waals surface area contributed by atoms with Crippen LogP contribution in [-0.2, 0) is 11.2 Å². The van der Waals surface area contributed by atoms with Gasteiger partial charge in [0.05, 0.1) is 6.61 Å². The van der Waals surface area contributed by atoms with Crippen LogP contribution >= 0.6 is 0 Å². The normalized spacial score (nSPS) is 27.1. The molecule has 0 amide bonds. The molecule has 2 heterocycles. The second-order valence-electron chi connectivity index (χ2n) is 5.88. The summed E-state index contributed by atoms with van der Waals surface area (Å²) in [6.45, 7) is 7.13. The van der Waals surface area contributed by atoms with E-state index in [9.17, 15) is 0 Å². The van der Waals surface area contributed by atoms with E-state index in [1.54, 1.807) is 0 Å². The summed E-state index contributed by atoms with van der Waals surface area (Å²) < 4.78 is 11.4. The highest BCUT2D eigenvalue weighted by Crippen LogP contribution is 2.29. The van der Waals surface area contributed by atoms with E-state index in [0.29, 0.717) is 12.0 Å². The fraction of sp³-hybridized carbons (Fsp3) is 0.625. The standard InChI is InChI=1S/C16H23NO2/c1-11-3-4-16-14(7-11)8-15(19-16)9-17-12(2)13-5-6-18-10-13/h3-4,7,12-13,15,17H,5-6,8-10H2,1-2H3. The molecule has 19 heavy (non-hydrogen) atoms. The Morgan fingerprint density at radius 2 is 2.32 bits per heavy atom. The number of rotatable bonds is 4. The van der Waals surface area contributed by atoms with Gasteiger partial charge in [-0.15, -0.1) is 0 Å². The van der Waals surface area contributed by atoms with Crippen molar-refractivity contribution in [2.24, 2.45) is 5.92 Å². The predicted molar refractivity (Wildman–Crippen MR) is 75.7 cm³/mol. The zero-order valence-corrected chi connectivity index (χ0v) is 11.8. The molecule has 1 saturated heterocycles. The summed E-state index contributed by atoms with van der Waals surface area (Å²) in [5, 5.41) is 3.61. The zero-order valence-electron chi connectivity index (χ0n) is 11.8. The van der Waals surface area contributed by atoms with Crippen molar-refractivity contribution in [3.05, 3.63) is 29.3 Å². The van der Waals surface area contributed by atoms with E-state index in [2.05, 4.69) is 37.4 Å². The van der Waals surface area contributed by atoms with Gasteiger partial charge in [-0.3, -0.25) is 0 Å². The largest absolute Gasteiger partial charge is 0.488 e. The maximum absolute atomic E-state index is 5.98.